The van der Waals surface area contributed by atoms with E-state index in [1.54, 1.807) is 13.0 Å². The van der Waals surface area contributed by atoms with Crippen molar-refractivity contribution in [2.24, 2.45) is 15.7 Å². The van der Waals surface area contributed by atoms with E-state index in [-0.39, 0.29) is 31.1 Å². The Bertz CT molecular complexity index is 574. The van der Waals surface area contributed by atoms with E-state index in [0.717, 1.165) is 12.1 Å². The average Bonchev–Trinajstić information content (AvgIpc) is 2.71. The molecule has 0 radical (unpaired) electrons. The van der Waals surface area contributed by atoms with Crippen molar-refractivity contribution in [3.8, 4) is 0 Å². The molecule has 3 nitrogen and oxygen atoms in total. The Kier molecular flexibility index (Phi) is 12.9. The van der Waals surface area contributed by atoms with E-state index in [9.17, 15) is 13.2 Å². The van der Waals surface area contributed by atoms with Crippen LogP contribution in [0.25, 0.3) is 0 Å². The van der Waals surface area contributed by atoms with Gasteiger partial charge in [0.05, 0.1) is 6.54 Å². The average molecular weight is 564 g/mol. The van der Waals surface area contributed by atoms with Crippen LogP contribution in [0, 0.1) is 37.2 Å². The number of benzene rings is 1. The fourth-order valence-electron chi connectivity index (χ4n) is 1.67. The van der Waals surface area contributed by atoms with Crippen LogP contribution in [0.3, 0.4) is 0 Å². The van der Waals surface area contributed by atoms with Crippen molar-refractivity contribution in [1.82, 2.24) is 0 Å². The van der Waals surface area contributed by atoms with Gasteiger partial charge >= 0.3 is 6.18 Å². The molecule has 0 unspecified atom stereocenters. The van der Waals surface area contributed by atoms with Crippen LogP contribution in [0.1, 0.15) is 45.7 Å². The Hall–Kier alpha value is -1.06. The first-order chi connectivity index (χ1) is 10.9. The standard InChI is InChI=1S/C13H11F3N3.2C2H6.U/c1-8-12(18-7-6-11(17)19-8)9-2-4-10(5-3-9)13(14,15)16;2*1-2;/h2,4-6H,7,17H2,1H3;2*1-2H3;/q-1;;;. The second-order valence-electron chi connectivity index (χ2n) is 4.00. The SMILES string of the molecule is CC.CC.CC1=NC(N)=CCN=C1c1[c-]cc(C(F)(F)F)cc1.[U]. The van der Waals surface area contributed by atoms with Crippen molar-refractivity contribution in [2.45, 2.75) is 40.8 Å². The number of halogens is 3. The molecule has 2 N–H and O–H groups in total. The first kappa shape index (κ1) is 25.2. The number of nitrogens with two attached hydrogens (primary N) is 1. The van der Waals surface area contributed by atoms with Crippen LogP contribution in [-0.4, -0.2) is 18.0 Å². The summed E-state index contributed by atoms with van der Waals surface area (Å²) in [5, 5.41) is 0. The molecule has 1 aliphatic heterocycles. The van der Waals surface area contributed by atoms with Gasteiger partial charge in [0.2, 0.25) is 0 Å². The van der Waals surface area contributed by atoms with Gasteiger partial charge in [-0.1, -0.05) is 27.7 Å². The number of hydrogen-bond acceptors (Lipinski definition) is 3. The molecule has 0 aromatic heterocycles. The number of rotatable bonds is 1. The van der Waals surface area contributed by atoms with Gasteiger partial charge in [-0.25, -0.2) is 4.99 Å². The number of alkyl halides is 3. The van der Waals surface area contributed by atoms with E-state index in [1.165, 1.54) is 6.07 Å². The van der Waals surface area contributed by atoms with Gasteiger partial charge in [0.15, 0.2) is 0 Å². The normalized spacial score (nSPS) is 13.4. The fourth-order valence-corrected chi connectivity index (χ4v) is 1.67. The minimum Gasteiger partial charge on any atom is -0.384 e. The first-order valence-corrected chi connectivity index (χ1v) is 7.53. The Morgan fingerprint density at radius 2 is 1.71 bits per heavy atom. The van der Waals surface area contributed by atoms with Gasteiger partial charge in [0.25, 0.3) is 0 Å². The smallest absolute Gasteiger partial charge is 0.381 e. The van der Waals surface area contributed by atoms with E-state index in [1.807, 2.05) is 27.7 Å². The summed E-state index contributed by atoms with van der Waals surface area (Å²) < 4.78 is 37.4. The molecule has 0 saturated heterocycles. The third-order valence-corrected chi connectivity index (χ3v) is 2.58. The van der Waals surface area contributed by atoms with Crippen LogP contribution in [0.5, 0.6) is 0 Å². The van der Waals surface area contributed by atoms with Gasteiger partial charge in [-0.15, -0.1) is 29.8 Å². The molecule has 1 aliphatic rings. The molecule has 0 saturated carbocycles. The van der Waals surface area contributed by atoms with Crippen LogP contribution in [0.15, 0.2) is 40.1 Å². The number of nitrogens with zero attached hydrogens (tertiary/aromatic N) is 2. The first-order valence-electron chi connectivity index (χ1n) is 7.53. The maximum Gasteiger partial charge on any atom is 0.381 e. The predicted molar refractivity (Wildman–Crippen MR) is 89.8 cm³/mol. The van der Waals surface area contributed by atoms with Gasteiger partial charge in [0.1, 0.15) is 5.82 Å². The fraction of sp³-hybridized carbons (Fsp3) is 0.412. The van der Waals surface area contributed by atoms with Crippen LogP contribution in [-0.2, 0) is 6.18 Å². The molecule has 0 bridgehead atoms. The van der Waals surface area contributed by atoms with Crippen molar-refractivity contribution in [1.29, 1.82) is 0 Å². The molecule has 0 amide bonds. The largest absolute Gasteiger partial charge is 0.384 e. The number of aliphatic imine (C=N–C) groups is 2. The quantitative estimate of drug-likeness (QED) is 0.498. The predicted octanol–water partition coefficient (Wildman–Crippen LogP) is 4.62. The molecule has 1 aromatic carbocycles. The Labute approximate surface area is 165 Å². The van der Waals surface area contributed by atoms with Crippen LogP contribution < -0.4 is 5.73 Å². The summed E-state index contributed by atoms with van der Waals surface area (Å²) in [5.41, 5.74) is 6.38. The van der Waals surface area contributed by atoms with Crippen molar-refractivity contribution in [3.05, 3.63) is 47.3 Å². The van der Waals surface area contributed by atoms with Crippen LogP contribution in [0.4, 0.5) is 13.2 Å². The maximum absolute atomic E-state index is 12.5. The molecular weight excluding hydrogens is 541 g/mol. The van der Waals surface area contributed by atoms with Crippen molar-refractivity contribution in [2.75, 3.05) is 6.54 Å². The molecule has 0 fully saturated rings. The summed E-state index contributed by atoms with van der Waals surface area (Å²) in [7, 11) is 0. The second kappa shape index (κ2) is 12.3. The summed E-state index contributed by atoms with van der Waals surface area (Å²) in [6.45, 7) is 10.0. The van der Waals surface area contributed by atoms with E-state index >= 15 is 0 Å². The van der Waals surface area contributed by atoms with Crippen molar-refractivity contribution < 1.29 is 44.3 Å². The van der Waals surface area contributed by atoms with E-state index in [0.29, 0.717) is 29.4 Å². The summed E-state index contributed by atoms with van der Waals surface area (Å²) in [6, 6.07) is 5.84. The van der Waals surface area contributed by atoms with E-state index in [4.69, 9.17) is 5.73 Å². The van der Waals surface area contributed by atoms with E-state index < -0.39 is 11.7 Å². The third-order valence-electron chi connectivity index (χ3n) is 2.58. The Balaban J connectivity index is 0. The molecule has 0 atom stereocenters. The summed E-state index contributed by atoms with van der Waals surface area (Å²) in [4.78, 5) is 8.32. The Morgan fingerprint density at radius 3 is 2.17 bits per heavy atom. The van der Waals surface area contributed by atoms with Gasteiger partial charge in [-0.3, -0.25) is 0 Å². The molecule has 24 heavy (non-hydrogen) atoms. The van der Waals surface area contributed by atoms with Gasteiger partial charge in [0, 0.05) is 42.5 Å². The van der Waals surface area contributed by atoms with Gasteiger partial charge in [-0.2, -0.15) is 13.2 Å². The molecule has 132 valence electrons. The second-order valence-corrected chi connectivity index (χ2v) is 4.00. The Morgan fingerprint density at radius 1 is 1.12 bits per heavy atom. The topological polar surface area (TPSA) is 50.7 Å². The zero-order chi connectivity index (χ0) is 18.0. The number of hydrogen-bond donors (Lipinski definition) is 1. The maximum atomic E-state index is 12.5. The zero-order valence-electron chi connectivity index (χ0n) is 14.6. The molecule has 0 aliphatic carbocycles. The van der Waals surface area contributed by atoms with Crippen molar-refractivity contribution in [3.63, 3.8) is 0 Å². The summed E-state index contributed by atoms with van der Waals surface area (Å²) in [6.07, 6.45) is -2.73. The molecule has 7 heteroatoms. The van der Waals surface area contributed by atoms with Gasteiger partial charge < -0.3 is 10.7 Å². The molecule has 1 aromatic rings. The van der Waals surface area contributed by atoms with E-state index in [2.05, 4.69) is 16.1 Å². The monoisotopic (exact) mass is 564 g/mol. The third kappa shape index (κ3) is 7.67. The minimum atomic E-state index is -4.37. The van der Waals surface area contributed by atoms with Crippen LogP contribution in [0.2, 0.25) is 0 Å². The van der Waals surface area contributed by atoms with Gasteiger partial charge in [-0.05, 0) is 18.6 Å². The molecule has 2 rings (SSSR count). The molecule has 0 spiro atoms. The summed E-state index contributed by atoms with van der Waals surface area (Å²) >= 11 is 0. The molecular formula is C17H23F3N3U-. The molecule has 1 heterocycles. The zero-order valence-corrected chi connectivity index (χ0v) is 18.8. The summed E-state index contributed by atoms with van der Waals surface area (Å²) in [5.74, 6) is 0.350. The van der Waals surface area contributed by atoms with Crippen molar-refractivity contribution >= 4 is 11.4 Å². The van der Waals surface area contributed by atoms with Crippen LogP contribution >= 0.6 is 0 Å². The minimum absolute atomic E-state index is 0.